The first-order valence-corrected chi connectivity index (χ1v) is 5.55. The van der Waals surface area contributed by atoms with E-state index in [1.807, 2.05) is 0 Å². The zero-order chi connectivity index (χ0) is 13.6. The Hall–Kier alpha value is -2.13. The Kier molecular flexibility index (Phi) is 2.64. The predicted molar refractivity (Wildman–Crippen MR) is 57.5 cm³/mol. The van der Waals surface area contributed by atoms with Gasteiger partial charge in [0, 0.05) is 12.3 Å². The largest absolute Gasteiger partial charge is 0.509 e. The second-order valence-corrected chi connectivity index (χ2v) is 4.18. The molecule has 2 aliphatic rings. The fourth-order valence-corrected chi connectivity index (χ4v) is 2.22. The van der Waals surface area contributed by atoms with E-state index in [2.05, 4.69) is 4.98 Å². The van der Waals surface area contributed by atoms with Gasteiger partial charge in [0.1, 0.15) is 6.10 Å². The lowest BCUT2D eigenvalue weighted by Crippen LogP contribution is -2.36. The Morgan fingerprint density at radius 3 is 2.68 bits per heavy atom. The summed E-state index contributed by atoms with van der Waals surface area (Å²) in [5.74, 6) is 0. The number of aliphatic hydroxyl groups is 1. The minimum Gasteiger partial charge on any atom is -0.424 e. The first-order chi connectivity index (χ1) is 9.10. The van der Waals surface area contributed by atoms with Crippen LogP contribution in [-0.2, 0) is 14.2 Å². The van der Waals surface area contributed by atoms with E-state index in [0.29, 0.717) is 0 Å². The molecule has 0 aromatic carbocycles. The third kappa shape index (κ3) is 1.83. The second kappa shape index (κ2) is 4.21. The number of aromatic amines is 1. The molecule has 0 amide bonds. The van der Waals surface area contributed by atoms with Crippen LogP contribution in [0.15, 0.2) is 21.9 Å². The van der Waals surface area contributed by atoms with Gasteiger partial charge in [-0.05, 0) is 0 Å². The van der Waals surface area contributed by atoms with Crippen LogP contribution in [0, 0.1) is 0 Å². The van der Waals surface area contributed by atoms with Crippen LogP contribution in [-0.4, -0.2) is 45.7 Å². The van der Waals surface area contributed by atoms with Gasteiger partial charge in [-0.15, -0.1) is 0 Å². The van der Waals surface area contributed by atoms with E-state index in [-0.39, 0.29) is 6.61 Å². The van der Waals surface area contributed by atoms with Gasteiger partial charge in [-0.3, -0.25) is 14.3 Å². The molecule has 0 bridgehead atoms. The van der Waals surface area contributed by atoms with E-state index in [9.17, 15) is 14.4 Å². The van der Waals surface area contributed by atoms with Crippen LogP contribution in [0.25, 0.3) is 0 Å². The number of H-pyrrole nitrogens is 1. The molecule has 2 N–H and O–H groups in total. The first kappa shape index (κ1) is 11.9. The van der Waals surface area contributed by atoms with Crippen molar-refractivity contribution in [1.29, 1.82) is 0 Å². The van der Waals surface area contributed by atoms with E-state index in [1.165, 1.54) is 6.20 Å². The van der Waals surface area contributed by atoms with Crippen molar-refractivity contribution in [3.8, 4) is 0 Å². The number of nitrogens with one attached hydrogen (secondary N) is 1. The van der Waals surface area contributed by atoms with Crippen molar-refractivity contribution < 1.29 is 24.1 Å². The molecule has 0 aliphatic carbocycles. The van der Waals surface area contributed by atoms with Crippen molar-refractivity contribution in [2.45, 2.75) is 24.5 Å². The molecule has 2 aliphatic heterocycles. The van der Waals surface area contributed by atoms with Crippen molar-refractivity contribution in [2.75, 3.05) is 6.61 Å². The van der Waals surface area contributed by atoms with Gasteiger partial charge in [0.25, 0.3) is 5.56 Å². The number of rotatable bonds is 2. The lowest BCUT2D eigenvalue weighted by Gasteiger charge is -2.17. The van der Waals surface area contributed by atoms with E-state index in [4.69, 9.17) is 19.3 Å². The van der Waals surface area contributed by atoms with E-state index in [0.717, 1.165) is 10.6 Å². The van der Waals surface area contributed by atoms with Crippen LogP contribution in [0.3, 0.4) is 0 Å². The third-order valence-electron chi connectivity index (χ3n) is 3.06. The zero-order valence-corrected chi connectivity index (χ0v) is 9.52. The first-order valence-electron chi connectivity index (χ1n) is 5.55. The normalized spacial score (nSPS) is 32.8. The SMILES string of the molecule is O=C1O[C@@H]2[C@H](O1)[C@@H](CO)O[C@H]2n1ccc(=O)[nH]c1=O. The minimum absolute atomic E-state index is 0.383. The average molecular weight is 270 g/mol. The topological polar surface area (TPSA) is 120 Å². The van der Waals surface area contributed by atoms with Gasteiger partial charge >= 0.3 is 11.8 Å². The Bertz CT molecular complexity index is 621. The van der Waals surface area contributed by atoms with Crippen LogP contribution in [0.5, 0.6) is 0 Å². The number of hydrogen-bond donors (Lipinski definition) is 2. The molecule has 1 aromatic rings. The maximum absolute atomic E-state index is 11.7. The van der Waals surface area contributed by atoms with Crippen LogP contribution in [0.2, 0.25) is 0 Å². The Balaban J connectivity index is 1.99. The molecule has 2 saturated heterocycles. The van der Waals surface area contributed by atoms with Crippen LogP contribution >= 0.6 is 0 Å². The van der Waals surface area contributed by atoms with Gasteiger partial charge in [0.2, 0.25) is 0 Å². The molecule has 1 aromatic heterocycles. The molecule has 2 fully saturated rings. The number of carbonyl (C=O) groups excluding carboxylic acids is 1. The van der Waals surface area contributed by atoms with Gasteiger partial charge in [-0.2, -0.15) is 0 Å². The summed E-state index contributed by atoms with van der Waals surface area (Å²) in [5.41, 5.74) is -1.24. The highest BCUT2D eigenvalue weighted by Crippen LogP contribution is 2.36. The summed E-state index contributed by atoms with van der Waals surface area (Å²) in [7, 11) is 0. The third-order valence-corrected chi connectivity index (χ3v) is 3.06. The van der Waals surface area contributed by atoms with E-state index in [1.54, 1.807) is 0 Å². The molecule has 0 saturated carbocycles. The van der Waals surface area contributed by atoms with E-state index < -0.39 is 41.9 Å². The molecule has 4 atom stereocenters. The summed E-state index contributed by atoms with van der Waals surface area (Å²) < 4.78 is 16.3. The summed E-state index contributed by atoms with van der Waals surface area (Å²) in [5, 5.41) is 9.16. The molecular weight excluding hydrogens is 260 g/mol. The molecule has 0 spiro atoms. The van der Waals surface area contributed by atoms with Crippen molar-refractivity contribution in [2.24, 2.45) is 0 Å². The number of ether oxygens (including phenoxy) is 3. The molecule has 3 heterocycles. The van der Waals surface area contributed by atoms with Gasteiger partial charge in [-0.1, -0.05) is 0 Å². The highest BCUT2D eigenvalue weighted by Gasteiger charge is 2.54. The summed E-state index contributed by atoms with van der Waals surface area (Å²) in [6.07, 6.45) is -2.98. The van der Waals surface area contributed by atoms with Crippen molar-refractivity contribution in [3.63, 3.8) is 0 Å². The molecule has 102 valence electrons. The number of aliphatic hydroxyl groups excluding tert-OH is 1. The maximum atomic E-state index is 11.7. The predicted octanol–water partition coefficient (Wildman–Crippen LogP) is -1.67. The van der Waals surface area contributed by atoms with Gasteiger partial charge in [0.05, 0.1) is 6.61 Å². The lowest BCUT2D eigenvalue weighted by molar-refractivity contribution is -0.0736. The quantitative estimate of drug-likeness (QED) is 0.616. The Morgan fingerprint density at radius 1 is 1.26 bits per heavy atom. The summed E-state index contributed by atoms with van der Waals surface area (Å²) >= 11 is 0. The summed E-state index contributed by atoms with van der Waals surface area (Å²) in [6, 6.07) is 1.14. The van der Waals surface area contributed by atoms with Gasteiger partial charge in [0.15, 0.2) is 18.4 Å². The highest BCUT2D eigenvalue weighted by molar-refractivity contribution is 5.63. The number of nitrogens with zero attached hydrogens (tertiary/aromatic N) is 1. The van der Waals surface area contributed by atoms with Gasteiger partial charge in [-0.25, -0.2) is 9.59 Å². The molecule has 9 heteroatoms. The van der Waals surface area contributed by atoms with E-state index >= 15 is 0 Å². The molecule has 9 nitrogen and oxygen atoms in total. The molecule has 0 unspecified atom stereocenters. The van der Waals surface area contributed by atoms with Crippen LogP contribution in [0.1, 0.15) is 6.23 Å². The van der Waals surface area contributed by atoms with Crippen molar-refractivity contribution in [3.05, 3.63) is 33.1 Å². The number of aromatic nitrogens is 2. The smallest absolute Gasteiger partial charge is 0.424 e. The average Bonchev–Trinajstić information content (AvgIpc) is 2.87. The second-order valence-electron chi connectivity index (χ2n) is 4.18. The summed E-state index contributed by atoms with van der Waals surface area (Å²) in [4.78, 5) is 35.8. The number of hydrogen-bond acceptors (Lipinski definition) is 7. The lowest BCUT2D eigenvalue weighted by atomic mass is 10.1. The number of carbonyl (C=O) groups is 1. The fraction of sp³-hybridized carbons (Fsp3) is 0.500. The Labute approximate surface area is 105 Å². The van der Waals surface area contributed by atoms with Crippen LogP contribution in [0.4, 0.5) is 4.79 Å². The Morgan fingerprint density at radius 2 is 2.00 bits per heavy atom. The molecular formula is C10H10N2O7. The monoisotopic (exact) mass is 270 g/mol. The molecule has 0 radical (unpaired) electrons. The molecule has 3 rings (SSSR count). The fourth-order valence-electron chi connectivity index (χ4n) is 2.22. The highest BCUT2D eigenvalue weighted by atomic mass is 16.8. The minimum atomic E-state index is -0.946. The maximum Gasteiger partial charge on any atom is 0.509 e. The van der Waals surface area contributed by atoms with Crippen molar-refractivity contribution >= 4 is 6.16 Å². The van der Waals surface area contributed by atoms with Gasteiger partial charge < -0.3 is 19.3 Å². The summed E-state index contributed by atoms with van der Waals surface area (Å²) in [6.45, 7) is -0.383. The standard InChI is InChI=1S/C10H10N2O7/c13-3-4-6-7(19-10(16)18-6)8(17-4)12-2-1-5(14)11-9(12)15/h1-2,4,6-8,13H,3H2,(H,11,14,15)/t4-,6-,7-,8-/m1/s1. The molecule has 19 heavy (non-hydrogen) atoms. The zero-order valence-electron chi connectivity index (χ0n) is 9.52. The van der Waals surface area contributed by atoms with Crippen molar-refractivity contribution in [1.82, 2.24) is 9.55 Å². The number of fused-ring (bicyclic) bond motifs is 1. The van der Waals surface area contributed by atoms with Crippen LogP contribution < -0.4 is 11.2 Å².